The third kappa shape index (κ3) is 4.31. The van der Waals surface area contributed by atoms with Gasteiger partial charge in [-0.1, -0.05) is 25.1 Å². The van der Waals surface area contributed by atoms with Crippen LogP contribution in [0.2, 0.25) is 0 Å². The van der Waals surface area contributed by atoms with Crippen LogP contribution in [-0.2, 0) is 0 Å². The summed E-state index contributed by atoms with van der Waals surface area (Å²) in [5.41, 5.74) is 1.75. The van der Waals surface area contributed by atoms with Crippen molar-refractivity contribution in [2.45, 2.75) is 39.3 Å². The fraction of sp³-hybridized carbons (Fsp3) is 0.600. The molecule has 0 fully saturated rings. The number of benzene rings is 1. The van der Waals surface area contributed by atoms with Crippen molar-refractivity contribution in [3.63, 3.8) is 0 Å². The molecular weight excluding hydrogens is 224 g/mol. The number of likely N-dealkylation sites (N-methyl/N-ethyl adjacent to an activating group) is 1. The molecule has 0 saturated carbocycles. The fourth-order valence-electron chi connectivity index (χ4n) is 2.28. The average Bonchev–Trinajstić information content (AvgIpc) is 2.27. The van der Waals surface area contributed by atoms with Gasteiger partial charge in [-0.25, -0.2) is 0 Å². The first-order chi connectivity index (χ1) is 8.35. The van der Waals surface area contributed by atoms with Crippen LogP contribution in [0.5, 0.6) is 0 Å². The van der Waals surface area contributed by atoms with Crippen molar-refractivity contribution in [3.8, 4) is 0 Å². The number of hydrogen-bond donors (Lipinski definition) is 2. The summed E-state index contributed by atoms with van der Waals surface area (Å²) in [7, 11) is 2.02. The minimum atomic E-state index is -0.691. The molecule has 0 aliphatic carbocycles. The van der Waals surface area contributed by atoms with Gasteiger partial charge in [0.2, 0.25) is 0 Å². The van der Waals surface area contributed by atoms with Crippen molar-refractivity contribution in [2.24, 2.45) is 0 Å². The molecular formula is C15H26N2O. The topological polar surface area (TPSA) is 35.5 Å². The Kier molecular flexibility index (Phi) is 5.17. The van der Waals surface area contributed by atoms with Gasteiger partial charge in [0.15, 0.2) is 0 Å². The number of nitrogens with zero attached hydrogens (tertiary/aromatic N) is 1. The van der Waals surface area contributed by atoms with Crippen LogP contribution in [0.25, 0.3) is 0 Å². The molecule has 0 spiro atoms. The van der Waals surface area contributed by atoms with E-state index in [1.54, 1.807) is 0 Å². The largest absolute Gasteiger partial charge is 0.389 e. The Morgan fingerprint density at radius 3 is 2.50 bits per heavy atom. The zero-order chi connectivity index (χ0) is 13.8. The zero-order valence-corrected chi connectivity index (χ0v) is 12.2. The molecule has 1 aromatic rings. The SMILES string of the molecule is CCNC(C)c1ccccc1N(C)CC(C)(C)O. The molecule has 0 saturated heterocycles. The summed E-state index contributed by atoms with van der Waals surface area (Å²) in [5, 5.41) is 13.4. The lowest BCUT2D eigenvalue weighted by Crippen LogP contribution is -2.37. The third-order valence-electron chi connectivity index (χ3n) is 2.95. The Bertz CT molecular complexity index is 371. The summed E-state index contributed by atoms with van der Waals surface area (Å²) >= 11 is 0. The second-order valence-electron chi connectivity index (χ2n) is 5.51. The first-order valence-electron chi connectivity index (χ1n) is 6.61. The van der Waals surface area contributed by atoms with Crippen LogP contribution in [-0.4, -0.2) is 30.8 Å². The Balaban J connectivity index is 2.94. The number of anilines is 1. The summed E-state index contributed by atoms with van der Waals surface area (Å²) in [4.78, 5) is 2.11. The van der Waals surface area contributed by atoms with Crippen LogP contribution in [0.1, 0.15) is 39.3 Å². The highest BCUT2D eigenvalue weighted by atomic mass is 16.3. The number of aliphatic hydroxyl groups is 1. The Morgan fingerprint density at radius 1 is 1.33 bits per heavy atom. The normalized spacial score (nSPS) is 13.4. The molecule has 1 rings (SSSR count). The Morgan fingerprint density at radius 2 is 1.94 bits per heavy atom. The predicted octanol–water partition coefficient (Wildman–Crippen LogP) is 2.56. The lowest BCUT2D eigenvalue weighted by molar-refractivity contribution is 0.0886. The van der Waals surface area contributed by atoms with Crippen molar-refractivity contribution in [1.82, 2.24) is 5.32 Å². The van der Waals surface area contributed by atoms with E-state index >= 15 is 0 Å². The highest BCUT2D eigenvalue weighted by Gasteiger charge is 2.18. The van der Waals surface area contributed by atoms with E-state index in [0.29, 0.717) is 12.6 Å². The highest BCUT2D eigenvalue weighted by molar-refractivity contribution is 5.54. The average molecular weight is 250 g/mol. The maximum Gasteiger partial charge on any atom is 0.0765 e. The number of rotatable bonds is 6. The molecule has 2 N–H and O–H groups in total. The standard InChI is InChI=1S/C15H26N2O/c1-6-16-12(2)13-9-7-8-10-14(13)17(5)11-15(3,4)18/h7-10,12,16,18H,6,11H2,1-5H3. The van der Waals surface area contributed by atoms with E-state index in [-0.39, 0.29) is 0 Å². The molecule has 18 heavy (non-hydrogen) atoms. The van der Waals surface area contributed by atoms with Gasteiger partial charge in [-0.3, -0.25) is 0 Å². The summed E-state index contributed by atoms with van der Waals surface area (Å²) in [6.07, 6.45) is 0. The van der Waals surface area contributed by atoms with Crippen molar-refractivity contribution in [1.29, 1.82) is 0 Å². The molecule has 0 aliphatic rings. The number of nitrogens with one attached hydrogen (secondary N) is 1. The first-order valence-corrected chi connectivity index (χ1v) is 6.61. The van der Waals surface area contributed by atoms with E-state index in [9.17, 15) is 5.11 Å². The molecule has 1 unspecified atom stereocenters. The predicted molar refractivity (Wildman–Crippen MR) is 78.1 cm³/mol. The van der Waals surface area contributed by atoms with E-state index in [1.807, 2.05) is 27.0 Å². The van der Waals surface area contributed by atoms with Crippen LogP contribution in [0.3, 0.4) is 0 Å². The van der Waals surface area contributed by atoms with Crippen LogP contribution in [0.4, 0.5) is 5.69 Å². The molecule has 0 amide bonds. The molecule has 3 heteroatoms. The van der Waals surface area contributed by atoms with Gasteiger partial charge in [0.1, 0.15) is 0 Å². The minimum Gasteiger partial charge on any atom is -0.389 e. The Hall–Kier alpha value is -1.06. The van der Waals surface area contributed by atoms with Gasteiger partial charge in [0.25, 0.3) is 0 Å². The second kappa shape index (κ2) is 6.21. The number of hydrogen-bond acceptors (Lipinski definition) is 3. The molecule has 1 aromatic carbocycles. The van der Waals surface area contributed by atoms with Crippen molar-refractivity contribution in [2.75, 3.05) is 25.0 Å². The van der Waals surface area contributed by atoms with E-state index in [0.717, 1.165) is 6.54 Å². The van der Waals surface area contributed by atoms with Gasteiger partial charge in [-0.05, 0) is 38.9 Å². The van der Waals surface area contributed by atoms with Gasteiger partial charge in [0.05, 0.1) is 5.60 Å². The van der Waals surface area contributed by atoms with Gasteiger partial charge in [-0.15, -0.1) is 0 Å². The van der Waals surface area contributed by atoms with Crippen LogP contribution >= 0.6 is 0 Å². The summed E-state index contributed by atoms with van der Waals surface area (Å²) in [6, 6.07) is 8.66. The van der Waals surface area contributed by atoms with Crippen molar-refractivity contribution in [3.05, 3.63) is 29.8 Å². The monoisotopic (exact) mass is 250 g/mol. The molecule has 102 valence electrons. The van der Waals surface area contributed by atoms with Crippen molar-refractivity contribution >= 4 is 5.69 Å². The Labute approximate surface area is 111 Å². The smallest absolute Gasteiger partial charge is 0.0765 e. The molecule has 0 aromatic heterocycles. The maximum atomic E-state index is 9.92. The third-order valence-corrected chi connectivity index (χ3v) is 2.95. The van der Waals surface area contributed by atoms with Gasteiger partial charge >= 0.3 is 0 Å². The van der Waals surface area contributed by atoms with Gasteiger partial charge < -0.3 is 15.3 Å². The van der Waals surface area contributed by atoms with E-state index in [2.05, 4.69) is 42.3 Å². The number of para-hydroxylation sites is 1. The molecule has 1 atom stereocenters. The summed E-state index contributed by atoms with van der Waals surface area (Å²) in [6.45, 7) is 9.51. The quantitative estimate of drug-likeness (QED) is 0.814. The molecule has 0 aliphatic heterocycles. The maximum absolute atomic E-state index is 9.92. The van der Waals surface area contributed by atoms with E-state index < -0.39 is 5.60 Å². The van der Waals surface area contributed by atoms with E-state index in [4.69, 9.17) is 0 Å². The van der Waals surface area contributed by atoms with Gasteiger partial charge in [-0.2, -0.15) is 0 Å². The molecule has 0 radical (unpaired) electrons. The van der Waals surface area contributed by atoms with Crippen LogP contribution in [0, 0.1) is 0 Å². The minimum absolute atomic E-state index is 0.315. The van der Waals surface area contributed by atoms with Gasteiger partial charge in [0, 0.05) is 25.3 Å². The second-order valence-corrected chi connectivity index (χ2v) is 5.51. The van der Waals surface area contributed by atoms with Crippen LogP contribution in [0.15, 0.2) is 24.3 Å². The van der Waals surface area contributed by atoms with Crippen LogP contribution < -0.4 is 10.2 Å². The first kappa shape index (κ1) is 15.0. The molecule has 0 bridgehead atoms. The fourth-order valence-corrected chi connectivity index (χ4v) is 2.28. The molecule has 0 heterocycles. The zero-order valence-electron chi connectivity index (χ0n) is 12.2. The lowest BCUT2D eigenvalue weighted by atomic mass is 10.0. The summed E-state index contributed by atoms with van der Waals surface area (Å²) < 4.78 is 0. The highest BCUT2D eigenvalue weighted by Crippen LogP contribution is 2.26. The summed E-state index contributed by atoms with van der Waals surface area (Å²) in [5.74, 6) is 0. The molecule has 3 nitrogen and oxygen atoms in total. The van der Waals surface area contributed by atoms with Crippen molar-refractivity contribution < 1.29 is 5.11 Å². The van der Waals surface area contributed by atoms with E-state index in [1.165, 1.54) is 11.3 Å². The lowest BCUT2D eigenvalue weighted by Gasteiger charge is -2.30.